The molecule has 1 aromatic rings. The van der Waals surface area contributed by atoms with Crippen molar-refractivity contribution in [2.24, 2.45) is 0 Å². The number of aliphatic carboxylic acids is 1. The van der Waals surface area contributed by atoms with Crippen LogP contribution in [-0.2, 0) is 14.3 Å². The van der Waals surface area contributed by atoms with Crippen LogP contribution in [0, 0.1) is 0 Å². The molecule has 0 radical (unpaired) electrons. The van der Waals surface area contributed by atoms with E-state index in [4.69, 9.17) is 9.84 Å². The zero-order valence-corrected chi connectivity index (χ0v) is 16.9. The van der Waals surface area contributed by atoms with Crippen molar-refractivity contribution in [1.82, 2.24) is 5.32 Å². The van der Waals surface area contributed by atoms with E-state index >= 15 is 0 Å². The quantitative estimate of drug-likeness (QED) is 0.373. The largest absolute Gasteiger partial charge is 0.481 e. The maximum atomic E-state index is 12.6. The number of hydrogen-bond acceptors (Lipinski definition) is 4. The smallest absolute Gasteiger partial charge is 0.408 e. The van der Waals surface area contributed by atoms with Gasteiger partial charge in [0.05, 0.1) is 0 Å². The number of carbonyl (C=O) groups is 3. The molecule has 0 saturated carbocycles. The first-order valence-electron chi connectivity index (χ1n) is 10.1. The van der Waals surface area contributed by atoms with Gasteiger partial charge in [-0.3, -0.25) is 9.59 Å². The highest BCUT2D eigenvalue weighted by Crippen LogP contribution is 2.10. The van der Waals surface area contributed by atoms with Gasteiger partial charge >= 0.3 is 12.1 Å². The summed E-state index contributed by atoms with van der Waals surface area (Å²) in [7, 11) is 0. The van der Waals surface area contributed by atoms with E-state index in [1.54, 1.807) is 36.4 Å². The molecule has 0 aromatic heterocycles. The maximum absolute atomic E-state index is 12.6. The van der Waals surface area contributed by atoms with Crippen LogP contribution in [-0.4, -0.2) is 35.7 Å². The van der Waals surface area contributed by atoms with Gasteiger partial charge in [0.15, 0.2) is 0 Å². The van der Waals surface area contributed by atoms with Gasteiger partial charge in [-0.25, -0.2) is 4.79 Å². The zero-order valence-electron chi connectivity index (χ0n) is 16.9. The topological polar surface area (TPSA) is 105 Å². The average molecular weight is 412 g/mol. The Bertz CT molecular complexity index is 799. The summed E-state index contributed by atoms with van der Waals surface area (Å²) in [6, 6.07) is 8.04. The van der Waals surface area contributed by atoms with Crippen molar-refractivity contribution < 1.29 is 24.2 Å². The molecule has 30 heavy (non-hydrogen) atoms. The standard InChI is InChI=1S/C23H28N2O5/c26-21(27)16-10-2-1-9-15-20(22(28)24-19-13-7-4-8-14-19)25-23(29)30-17-18-11-5-3-6-12-18/h4-5,7-9,11-15,20H,1-3,6,10,16-17H2,(H,24,28)(H,25,29)(H,26,27). The highest BCUT2D eigenvalue weighted by molar-refractivity contribution is 5.97. The Hall–Kier alpha value is -3.35. The summed E-state index contributed by atoms with van der Waals surface area (Å²) >= 11 is 0. The van der Waals surface area contributed by atoms with Crippen LogP contribution >= 0.6 is 0 Å². The van der Waals surface area contributed by atoms with Crippen molar-refractivity contribution in [3.63, 3.8) is 0 Å². The molecule has 2 rings (SSSR count). The predicted octanol–water partition coefficient (Wildman–Crippen LogP) is 4.20. The Morgan fingerprint density at radius 2 is 1.93 bits per heavy atom. The molecule has 1 aliphatic carbocycles. The van der Waals surface area contributed by atoms with Crippen LogP contribution in [0.4, 0.5) is 10.5 Å². The van der Waals surface area contributed by atoms with Crippen LogP contribution in [0.15, 0.2) is 66.3 Å². The third-order valence-corrected chi connectivity index (χ3v) is 4.38. The Labute approximate surface area is 176 Å². The van der Waals surface area contributed by atoms with Crippen molar-refractivity contribution in [2.75, 3.05) is 11.9 Å². The van der Waals surface area contributed by atoms with Crippen LogP contribution in [0.3, 0.4) is 0 Å². The number of unbranched alkanes of at least 4 members (excludes halogenated alkanes) is 2. The lowest BCUT2D eigenvalue weighted by atomic mass is 10.1. The molecule has 0 heterocycles. The minimum Gasteiger partial charge on any atom is -0.481 e. The van der Waals surface area contributed by atoms with Crippen LogP contribution < -0.4 is 10.6 Å². The van der Waals surface area contributed by atoms with Gasteiger partial charge < -0.3 is 20.5 Å². The van der Waals surface area contributed by atoms with E-state index in [0.717, 1.165) is 18.4 Å². The molecule has 0 spiro atoms. The van der Waals surface area contributed by atoms with Gasteiger partial charge in [-0.05, 0) is 49.8 Å². The van der Waals surface area contributed by atoms with Gasteiger partial charge in [-0.15, -0.1) is 0 Å². The van der Waals surface area contributed by atoms with Gasteiger partial charge in [0.2, 0.25) is 0 Å². The molecule has 2 amide bonds. The Balaban J connectivity index is 1.90. The van der Waals surface area contributed by atoms with Crippen LogP contribution in [0.1, 0.15) is 38.5 Å². The maximum Gasteiger partial charge on any atom is 0.408 e. The monoisotopic (exact) mass is 412 g/mol. The lowest BCUT2D eigenvalue weighted by Gasteiger charge is -2.16. The number of anilines is 1. The second kappa shape index (κ2) is 13.0. The number of rotatable bonds is 11. The average Bonchev–Trinajstić information content (AvgIpc) is 2.75. The molecule has 0 fully saturated rings. The molecule has 0 bridgehead atoms. The molecule has 0 aliphatic heterocycles. The van der Waals surface area contributed by atoms with E-state index in [9.17, 15) is 14.4 Å². The first-order chi connectivity index (χ1) is 14.5. The minimum absolute atomic E-state index is 0.112. The van der Waals surface area contributed by atoms with Crippen LogP contribution in [0.25, 0.3) is 0 Å². The molecule has 0 saturated heterocycles. The molecular formula is C23H28N2O5. The fraction of sp³-hybridized carbons (Fsp3) is 0.348. The summed E-state index contributed by atoms with van der Waals surface area (Å²) in [6.07, 6.45) is 12.5. The summed E-state index contributed by atoms with van der Waals surface area (Å²) in [5, 5.41) is 14.0. The fourth-order valence-corrected chi connectivity index (χ4v) is 2.81. The SMILES string of the molecule is O=C(O)CCCCC=CC(NC(=O)OCC1=CCCC=C1)C(=O)Nc1ccccc1. The van der Waals surface area contributed by atoms with E-state index in [2.05, 4.69) is 10.6 Å². The van der Waals surface area contributed by atoms with Gasteiger partial charge in [-0.2, -0.15) is 0 Å². The summed E-state index contributed by atoms with van der Waals surface area (Å²) in [4.78, 5) is 35.4. The molecule has 1 atom stereocenters. The summed E-state index contributed by atoms with van der Waals surface area (Å²) < 4.78 is 5.23. The predicted molar refractivity (Wildman–Crippen MR) is 115 cm³/mol. The Morgan fingerprint density at radius 1 is 1.13 bits per heavy atom. The number of carboxylic acids is 1. The number of amides is 2. The molecule has 1 aliphatic rings. The van der Waals surface area contributed by atoms with Gasteiger partial charge in [0, 0.05) is 12.1 Å². The third kappa shape index (κ3) is 9.23. The van der Waals surface area contributed by atoms with E-state index in [1.807, 2.05) is 24.3 Å². The number of benzene rings is 1. The first-order valence-corrected chi connectivity index (χ1v) is 10.1. The zero-order chi connectivity index (χ0) is 21.6. The number of ether oxygens (including phenoxy) is 1. The van der Waals surface area contributed by atoms with Crippen molar-refractivity contribution in [1.29, 1.82) is 0 Å². The molecule has 7 heteroatoms. The first kappa shape index (κ1) is 22.9. The number of allylic oxidation sites excluding steroid dienone is 3. The van der Waals surface area contributed by atoms with Crippen molar-refractivity contribution in [2.45, 2.75) is 44.6 Å². The number of carbonyl (C=O) groups excluding carboxylic acids is 2. The van der Waals surface area contributed by atoms with Gasteiger partial charge in [-0.1, -0.05) is 48.6 Å². The van der Waals surface area contributed by atoms with Crippen molar-refractivity contribution in [3.8, 4) is 0 Å². The van der Waals surface area contributed by atoms with E-state index < -0.39 is 24.0 Å². The number of hydrogen-bond donors (Lipinski definition) is 3. The van der Waals surface area contributed by atoms with E-state index in [-0.39, 0.29) is 13.0 Å². The lowest BCUT2D eigenvalue weighted by Crippen LogP contribution is -2.42. The van der Waals surface area contributed by atoms with Crippen LogP contribution in [0.5, 0.6) is 0 Å². The summed E-state index contributed by atoms with van der Waals surface area (Å²) in [5.41, 5.74) is 1.55. The van der Waals surface area contributed by atoms with Crippen molar-refractivity contribution >= 4 is 23.7 Å². The molecular weight excluding hydrogens is 384 g/mol. The Morgan fingerprint density at radius 3 is 2.63 bits per heavy atom. The normalized spacial score (nSPS) is 14.1. The summed E-state index contributed by atoms with van der Waals surface area (Å²) in [5.74, 6) is -1.22. The molecule has 7 nitrogen and oxygen atoms in total. The molecule has 160 valence electrons. The number of para-hydroxylation sites is 1. The highest BCUT2D eigenvalue weighted by atomic mass is 16.5. The molecule has 3 N–H and O–H groups in total. The fourth-order valence-electron chi connectivity index (χ4n) is 2.81. The van der Waals surface area contributed by atoms with Crippen molar-refractivity contribution in [3.05, 3.63) is 66.3 Å². The highest BCUT2D eigenvalue weighted by Gasteiger charge is 2.19. The third-order valence-electron chi connectivity index (χ3n) is 4.38. The molecule has 1 aromatic carbocycles. The summed E-state index contributed by atoms with van der Waals surface area (Å²) in [6.45, 7) is 0.147. The van der Waals surface area contributed by atoms with Gasteiger partial charge in [0.25, 0.3) is 5.91 Å². The van der Waals surface area contributed by atoms with E-state index in [1.165, 1.54) is 0 Å². The second-order valence-corrected chi connectivity index (χ2v) is 6.88. The number of carboxylic acid groups (broad SMARTS) is 1. The number of nitrogens with one attached hydrogen (secondary N) is 2. The second-order valence-electron chi connectivity index (χ2n) is 6.88. The van der Waals surface area contributed by atoms with Gasteiger partial charge in [0.1, 0.15) is 12.6 Å². The van der Waals surface area contributed by atoms with E-state index in [0.29, 0.717) is 24.9 Å². The lowest BCUT2D eigenvalue weighted by molar-refractivity contribution is -0.137. The Kier molecular flexibility index (Phi) is 9.92. The number of alkyl carbamates (subject to hydrolysis) is 1. The minimum atomic E-state index is -0.909. The van der Waals surface area contributed by atoms with Crippen LogP contribution in [0.2, 0.25) is 0 Å². The molecule has 1 unspecified atom stereocenters.